The van der Waals surface area contributed by atoms with Gasteiger partial charge in [0.2, 0.25) is 5.91 Å². The number of amides is 1. The molecule has 172 valence electrons. The molecule has 0 aliphatic heterocycles. The average molecular weight is 420 g/mol. The normalized spacial score (nSPS) is 49.0. The molecule has 0 spiro atoms. The number of aliphatic hydroxyl groups is 2. The van der Waals surface area contributed by atoms with Crippen molar-refractivity contribution in [2.24, 2.45) is 46.3 Å². The van der Waals surface area contributed by atoms with Crippen LogP contribution < -0.4 is 0 Å². The highest BCUT2D eigenvalue weighted by Crippen LogP contribution is 2.68. The molecule has 30 heavy (non-hydrogen) atoms. The number of fused-ring (bicyclic) bond motifs is 5. The van der Waals surface area contributed by atoms with Crippen LogP contribution in [-0.2, 0) is 4.79 Å². The Morgan fingerprint density at radius 1 is 0.967 bits per heavy atom. The molecule has 4 aliphatic carbocycles. The third kappa shape index (κ3) is 3.54. The van der Waals surface area contributed by atoms with Crippen molar-refractivity contribution in [3.05, 3.63) is 0 Å². The highest BCUT2D eigenvalue weighted by molar-refractivity contribution is 5.75. The molecule has 4 fully saturated rings. The fourth-order valence-electron chi connectivity index (χ4n) is 9.03. The number of nitrogens with zero attached hydrogens (tertiary/aromatic N) is 1. The summed E-state index contributed by atoms with van der Waals surface area (Å²) in [6, 6.07) is 0. The largest absolute Gasteiger partial charge is 0.393 e. The molecule has 0 aromatic rings. The lowest BCUT2D eigenvalue weighted by molar-refractivity contribution is -0.172. The zero-order valence-corrected chi connectivity index (χ0v) is 19.9. The first-order valence-electron chi connectivity index (χ1n) is 12.6. The van der Waals surface area contributed by atoms with Crippen LogP contribution in [0.25, 0.3) is 0 Å². The van der Waals surface area contributed by atoms with Gasteiger partial charge in [-0.1, -0.05) is 20.8 Å². The number of carbonyl (C=O) groups excluding carboxylic acids is 1. The molecule has 2 N–H and O–H groups in total. The van der Waals surface area contributed by atoms with Gasteiger partial charge in [0.1, 0.15) is 0 Å². The first kappa shape index (κ1) is 22.6. The van der Waals surface area contributed by atoms with Gasteiger partial charge in [-0.2, -0.15) is 0 Å². The lowest BCUT2D eigenvalue weighted by atomic mass is 9.44. The van der Waals surface area contributed by atoms with E-state index in [1.54, 1.807) is 4.90 Å². The van der Waals surface area contributed by atoms with Crippen molar-refractivity contribution in [1.29, 1.82) is 0 Å². The second-order valence-corrected chi connectivity index (χ2v) is 12.3. The monoisotopic (exact) mass is 419 g/mol. The number of carbonyl (C=O) groups is 1. The van der Waals surface area contributed by atoms with E-state index in [1.165, 1.54) is 25.7 Å². The van der Waals surface area contributed by atoms with Crippen molar-refractivity contribution < 1.29 is 15.0 Å². The van der Waals surface area contributed by atoms with Gasteiger partial charge in [0.05, 0.1) is 12.2 Å². The van der Waals surface area contributed by atoms with Crippen LogP contribution in [0.2, 0.25) is 0 Å². The molecule has 0 bridgehead atoms. The summed E-state index contributed by atoms with van der Waals surface area (Å²) in [7, 11) is 3.71. The van der Waals surface area contributed by atoms with E-state index in [0.717, 1.165) is 32.1 Å². The summed E-state index contributed by atoms with van der Waals surface area (Å²) in [5.74, 6) is 3.87. The van der Waals surface area contributed by atoms with Crippen LogP contribution in [0.1, 0.15) is 85.0 Å². The second-order valence-electron chi connectivity index (χ2n) is 12.3. The number of rotatable bonds is 4. The fraction of sp³-hybridized carbons (Fsp3) is 0.962. The minimum Gasteiger partial charge on any atom is -0.393 e. The van der Waals surface area contributed by atoms with Crippen molar-refractivity contribution in [2.45, 2.75) is 97.2 Å². The number of aliphatic hydroxyl groups excluding tert-OH is 2. The first-order valence-corrected chi connectivity index (χ1v) is 12.6. The molecule has 0 radical (unpaired) electrons. The molecule has 0 heterocycles. The van der Waals surface area contributed by atoms with E-state index in [1.807, 2.05) is 14.1 Å². The minimum absolute atomic E-state index is 0.199. The van der Waals surface area contributed by atoms with Crippen LogP contribution >= 0.6 is 0 Å². The van der Waals surface area contributed by atoms with Gasteiger partial charge in [-0.25, -0.2) is 0 Å². The van der Waals surface area contributed by atoms with E-state index >= 15 is 0 Å². The highest BCUT2D eigenvalue weighted by Gasteiger charge is 2.62. The van der Waals surface area contributed by atoms with Crippen LogP contribution in [0, 0.1) is 46.3 Å². The molecule has 4 heteroatoms. The van der Waals surface area contributed by atoms with Crippen molar-refractivity contribution in [2.75, 3.05) is 14.1 Å². The summed E-state index contributed by atoms with van der Waals surface area (Å²) >= 11 is 0. The summed E-state index contributed by atoms with van der Waals surface area (Å²) in [5.41, 5.74) is 0.559. The van der Waals surface area contributed by atoms with Gasteiger partial charge in [-0.15, -0.1) is 0 Å². The minimum atomic E-state index is -0.247. The van der Waals surface area contributed by atoms with Gasteiger partial charge >= 0.3 is 0 Å². The first-order chi connectivity index (χ1) is 14.1. The average Bonchev–Trinajstić information content (AvgIpc) is 3.04. The lowest BCUT2D eigenvalue weighted by Gasteiger charge is -2.62. The Morgan fingerprint density at radius 3 is 2.33 bits per heavy atom. The SMILES string of the molecule is C[C@H](CCC(=O)N(C)C)[C@H]1CC[C@H]2[C@@H]3C[C@H](O)[C@@H]4C[C@H](O)CC[C@]4(C)[C@H]3CC[C@]12C. The van der Waals surface area contributed by atoms with Crippen molar-refractivity contribution in [3.63, 3.8) is 0 Å². The van der Waals surface area contributed by atoms with Crippen LogP contribution in [0.15, 0.2) is 0 Å². The maximum absolute atomic E-state index is 12.1. The summed E-state index contributed by atoms with van der Waals surface area (Å²) in [5, 5.41) is 21.4. The van der Waals surface area contributed by atoms with E-state index < -0.39 is 0 Å². The molecule has 4 nitrogen and oxygen atoms in total. The van der Waals surface area contributed by atoms with Gasteiger partial charge in [-0.3, -0.25) is 4.79 Å². The van der Waals surface area contributed by atoms with E-state index in [4.69, 9.17) is 0 Å². The molecule has 4 saturated carbocycles. The Bertz CT molecular complexity index is 650. The number of hydrogen-bond acceptors (Lipinski definition) is 3. The van der Waals surface area contributed by atoms with Gasteiger partial charge in [0, 0.05) is 20.5 Å². The molecule has 1 amide bonds. The fourth-order valence-corrected chi connectivity index (χ4v) is 9.03. The molecule has 0 aromatic carbocycles. The quantitative estimate of drug-likeness (QED) is 0.706. The zero-order valence-electron chi connectivity index (χ0n) is 19.9. The van der Waals surface area contributed by atoms with Gasteiger partial charge in [-0.05, 0) is 104 Å². The van der Waals surface area contributed by atoms with E-state index in [9.17, 15) is 15.0 Å². The Balaban J connectivity index is 1.50. The lowest BCUT2D eigenvalue weighted by Crippen LogP contribution is -2.58. The third-order valence-corrected chi connectivity index (χ3v) is 10.7. The van der Waals surface area contributed by atoms with E-state index in [2.05, 4.69) is 20.8 Å². The topological polar surface area (TPSA) is 60.8 Å². The third-order valence-electron chi connectivity index (χ3n) is 10.7. The molecule has 4 rings (SSSR count). The summed E-state index contributed by atoms with van der Waals surface area (Å²) in [6.07, 6.45) is 10.1. The van der Waals surface area contributed by atoms with Crippen LogP contribution in [0.3, 0.4) is 0 Å². The van der Waals surface area contributed by atoms with Crippen molar-refractivity contribution in [3.8, 4) is 0 Å². The molecule has 0 aromatic heterocycles. The maximum Gasteiger partial charge on any atom is 0.222 e. The molecule has 0 saturated heterocycles. The highest BCUT2D eigenvalue weighted by atomic mass is 16.3. The van der Waals surface area contributed by atoms with Crippen LogP contribution in [0.4, 0.5) is 0 Å². The molecule has 4 aliphatic rings. The van der Waals surface area contributed by atoms with E-state index in [-0.39, 0.29) is 29.4 Å². The van der Waals surface area contributed by atoms with Crippen molar-refractivity contribution in [1.82, 2.24) is 4.90 Å². The predicted molar refractivity (Wildman–Crippen MR) is 120 cm³/mol. The maximum atomic E-state index is 12.1. The number of hydrogen-bond donors (Lipinski definition) is 2. The molecular formula is C26H45NO3. The zero-order chi connectivity index (χ0) is 21.8. The second kappa shape index (κ2) is 8.06. The Kier molecular flexibility index (Phi) is 6.07. The Labute approximate surface area is 183 Å². The summed E-state index contributed by atoms with van der Waals surface area (Å²) in [4.78, 5) is 13.8. The van der Waals surface area contributed by atoms with Crippen LogP contribution in [0.5, 0.6) is 0 Å². The molecule has 10 atom stereocenters. The van der Waals surface area contributed by atoms with Gasteiger partial charge in [0.25, 0.3) is 0 Å². The summed E-state index contributed by atoms with van der Waals surface area (Å²) in [6.45, 7) is 7.36. The predicted octanol–water partition coefficient (Wildman–Crippen LogP) is 4.48. The molecule has 0 unspecified atom stereocenters. The Morgan fingerprint density at radius 2 is 1.63 bits per heavy atom. The van der Waals surface area contributed by atoms with E-state index in [0.29, 0.717) is 41.4 Å². The van der Waals surface area contributed by atoms with Crippen LogP contribution in [-0.4, -0.2) is 47.3 Å². The Hall–Kier alpha value is -0.610. The smallest absolute Gasteiger partial charge is 0.222 e. The van der Waals surface area contributed by atoms with Crippen molar-refractivity contribution >= 4 is 5.91 Å². The van der Waals surface area contributed by atoms with Gasteiger partial charge < -0.3 is 15.1 Å². The standard InChI is InChI=1S/C26H45NO3/c1-16(6-9-24(30)27(4)5)19-7-8-20-18-15-23(29)22-14-17(28)10-12-26(22,3)21(18)11-13-25(19,20)2/h16-23,28-29H,6-15H2,1-5H3/t16-,17-,18+,19-,20+,21+,22+,23+,25-,26-/m1/s1. The molecular weight excluding hydrogens is 374 g/mol. The van der Waals surface area contributed by atoms with Gasteiger partial charge in [0.15, 0.2) is 0 Å². The summed E-state index contributed by atoms with van der Waals surface area (Å²) < 4.78 is 0.